The minimum Gasteiger partial charge on any atom is -0.493 e. The molecule has 0 radical (unpaired) electrons. The van der Waals surface area contributed by atoms with Gasteiger partial charge in [0, 0.05) is 17.3 Å². The number of fused-ring (bicyclic) bond motifs is 1. The van der Waals surface area contributed by atoms with Gasteiger partial charge in [-0.2, -0.15) is 0 Å². The lowest BCUT2D eigenvalue weighted by Gasteiger charge is -2.24. The van der Waals surface area contributed by atoms with Crippen molar-refractivity contribution in [3.05, 3.63) is 36.0 Å². The van der Waals surface area contributed by atoms with E-state index in [1.54, 1.807) is 14.2 Å². The first-order chi connectivity index (χ1) is 8.56. The average molecular weight is 245 g/mol. The zero-order valence-electron chi connectivity index (χ0n) is 11.3. The summed E-state index contributed by atoms with van der Waals surface area (Å²) in [4.78, 5) is 0. The number of ether oxygens (including phenoxy) is 2. The highest BCUT2D eigenvalue weighted by Crippen LogP contribution is 2.41. The van der Waals surface area contributed by atoms with E-state index in [0.717, 1.165) is 28.4 Å². The Bertz CT molecular complexity index is 515. The predicted molar refractivity (Wildman–Crippen MR) is 75.1 cm³/mol. The SMILES string of the molecule is C=C1C=C(C(C)C)c2cc(OC)c(OC)cc2N1. The second-order valence-corrected chi connectivity index (χ2v) is 4.66. The molecule has 1 aliphatic rings. The van der Waals surface area contributed by atoms with Crippen LogP contribution < -0.4 is 14.8 Å². The Morgan fingerprint density at radius 3 is 2.28 bits per heavy atom. The van der Waals surface area contributed by atoms with Crippen LogP contribution in [0.15, 0.2) is 30.5 Å². The van der Waals surface area contributed by atoms with Gasteiger partial charge in [-0.1, -0.05) is 20.4 Å². The molecule has 0 spiro atoms. The number of hydrogen-bond acceptors (Lipinski definition) is 3. The van der Waals surface area contributed by atoms with Crippen molar-refractivity contribution in [2.24, 2.45) is 5.92 Å². The molecule has 0 unspecified atom stereocenters. The molecule has 0 fully saturated rings. The second-order valence-electron chi connectivity index (χ2n) is 4.66. The van der Waals surface area contributed by atoms with Gasteiger partial charge < -0.3 is 14.8 Å². The number of allylic oxidation sites excluding steroid dienone is 2. The first-order valence-electron chi connectivity index (χ1n) is 6.00. The van der Waals surface area contributed by atoms with Gasteiger partial charge in [-0.25, -0.2) is 0 Å². The van der Waals surface area contributed by atoms with Crippen LogP contribution in [0, 0.1) is 5.92 Å². The van der Waals surface area contributed by atoms with Crippen LogP contribution >= 0.6 is 0 Å². The standard InChI is InChI=1S/C15H19NO2/c1-9(2)11-6-10(3)16-13-8-15(18-5)14(17-4)7-12(11)13/h6-9,16H,3H2,1-2,4-5H3. The first kappa shape index (κ1) is 12.6. The molecule has 3 nitrogen and oxygen atoms in total. The molecule has 0 amide bonds. The lowest BCUT2D eigenvalue weighted by molar-refractivity contribution is 0.355. The van der Waals surface area contributed by atoms with Gasteiger partial charge in [0.2, 0.25) is 0 Å². The molecule has 18 heavy (non-hydrogen) atoms. The molecule has 0 aromatic heterocycles. The summed E-state index contributed by atoms with van der Waals surface area (Å²) in [5.41, 5.74) is 4.33. The molecule has 0 saturated heterocycles. The fourth-order valence-corrected chi connectivity index (χ4v) is 2.17. The number of anilines is 1. The largest absolute Gasteiger partial charge is 0.493 e. The number of benzene rings is 1. The Morgan fingerprint density at radius 2 is 1.72 bits per heavy atom. The zero-order chi connectivity index (χ0) is 13.3. The number of rotatable bonds is 3. The summed E-state index contributed by atoms with van der Waals surface area (Å²) in [6.07, 6.45) is 2.08. The minimum absolute atomic E-state index is 0.431. The highest BCUT2D eigenvalue weighted by molar-refractivity contribution is 5.85. The Kier molecular flexibility index (Phi) is 3.32. The zero-order valence-corrected chi connectivity index (χ0v) is 11.3. The van der Waals surface area contributed by atoms with Gasteiger partial charge in [0.25, 0.3) is 0 Å². The highest BCUT2D eigenvalue weighted by atomic mass is 16.5. The molecular formula is C15H19NO2. The lowest BCUT2D eigenvalue weighted by Crippen LogP contribution is -2.09. The summed E-state index contributed by atoms with van der Waals surface area (Å²) in [6, 6.07) is 3.97. The quantitative estimate of drug-likeness (QED) is 0.881. The highest BCUT2D eigenvalue weighted by Gasteiger charge is 2.19. The molecule has 1 heterocycles. The van der Waals surface area contributed by atoms with E-state index in [0.29, 0.717) is 5.92 Å². The monoisotopic (exact) mass is 245 g/mol. The van der Waals surface area contributed by atoms with Crippen molar-refractivity contribution in [1.82, 2.24) is 0 Å². The minimum atomic E-state index is 0.431. The third kappa shape index (κ3) is 2.08. The summed E-state index contributed by atoms with van der Waals surface area (Å²) in [6.45, 7) is 8.33. The van der Waals surface area contributed by atoms with E-state index in [-0.39, 0.29) is 0 Å². The smallest absolute Gasteiger partial charge is 0.162 e. The first-order valence-corrected chi connectivity index (χ1v) is 6.00. The van der Waals surface area contributed by atoms with Gasteiger partial charge in [0.15, 0.2) is 11.5 Å². The van der Waals surface area contributed by atoms with Crippen molar-refractivity contribution in [1.29, 1.82) is 0 Å². The van der Waals surface area contributed by atoms with E-state index in [1.165, 1.54) is 5.57 Å². The van der Waals surface area contributed by atoms with Crippen molar-refractivity contribution in [2.45, 2.75) is 13.8 Å². The van der Waals surface area contributed by atoms with Gasteiger partial charge in [-0.3, -0.25) is 0 Å². The summed E-state index contributed by atoms with van der Waals surface area (Å²) in [7, 11) is 3.29. The van der Waals surface area contributed by atoms with Crippen molar-refractivity contribution in [2.75, 3.05) is 19.5 Å². The van der Waals surface area contributed by atoms with E-state index in [1.807, 2.05) is 12.1 Å². The van der Waals surface area contributed by atoms with E-state index >= 15 is 0 Å². The predicted octanol–water partition coefficient (Wildman–Crippen LogP) is 3.68. The van der Waals surface area contributed by atoms with Crippen LogP contribution in [0.25, 0.3) is 5.57 Å². The molecule has 0 atom stereocenters. The van der Waals surface area contributed by atoms with Crippen LogP contribution in [-0.4, -0.2) is 14.2 Å². The van der Waals surface area contributed by atoms with Gasteiger partial charge in [0.1, 0.15) is 0 Å². The molecule has 1 N–H and O–H groups in total. The summed E-state index contributed by atoms with van der Waals surface area (Å²) in [5, 5.41) is 3.26. The van der Waals surface area contributed by atoms with Crippen LogP contribution in [0.3, 0.4) is 0 Å². The summed E-state index contributed by atoms with van der Waals surface area (Å²) >= 11 is 0. The second kappa shape index (κ2) is 4.77. The van der Waals surface area contributed by atoms with Crippen molar-refractivity contribution < 1.29 is 9.47 Å². The van der Waals surface area contributed by atoms with Crippen LogP contribution in [-0.2, 0) is 0 Å². The van der Waals surface area contributed by atoms with Gasteiger partial charge in [0.05, 0.1) is 19.9 Å². The Hall–Kier alpha value is -1.90. The normalized spacial score (nSPS) is 13.8. The van der Waals surface area contributed by atoms with E-state index in [9.17, 15) is 0 Å². The number of hydrogen-bond donors (Lipinski definition) is 1. The average Bonchev–Trinajstić information content (AvgIpc) is 2.35. The maximum Gasteiger partial charge on any atom is 0.162 e. The molecule has 0 bridgehead atoms. The third-order valence-electron chi connectivity index (χ3n) is 3.08. The Labute approximate surface area is 108 Å². The molecular weight excluding hydrogens is 226 g/mol. The molecule has 3 heteroatoms. The summed E-state index contributed by atoms with van der Waals surface area (Å²) in [5.74, 6) is 1.90. The van der Waals surface area contributed by atoms with Crippen LogP contribution in [0.1, 0.15) is 19.4 Å². The molecule has 1 aromatic rings. The maximum atomic E-state index is 5.35. The van der Waals surface area contributed by atoms with E-state index < -0.39 is 0 Å². The van der Waals surface area contributed by atoms with Crippen LogP contribution in [0.5, 0.6) is 11.5 Å². The topological polar surface area (TPSA) is 30.5 Å². The molecule has 0 aliphatic carbocycles. The fraction of sp³-hybridized carbons (Fsp3) is 0.333. The fourth-order valence-electron chi connectivity index (χ4n) is 2.17. The summed E-state index contributed by atoms with van der Waals surface area (Å²) < 4.78 is 10.7. The van der Waals surface area contributed by atoms with Gasteiger partial charge >= 0.3 is 0 Å². The van der Waals surface area contributed by atoms with E-state index in [4.69, 9.17) is 9.47 Å². The third-order valence-corrected chi connectivity index (χ3v) is 3.08. The molecule has 0 saturated carbocycles. The van der Waals surface area contributed by atoms with Gasteiger partial charge in [-0.15, -0.1) is 0 Å². The Balaban J connectivity index is 2.60. The molecule has 1 aliphatic heterocycles. The number of methoxy groups -OCH3 is 2. The Morgan fingerprint density at radius 1 is 1.11 bits per heavy atom. The van der Waals surface area contributed by atoms with Crippen molar-refractivity contribution in [3.63, 3.8) is 0 Å². The van der Waals surface area contributed by atoms with E-state index in [2.05, 4.69) is 31.8 Å². The molecule has 2 rings (SSSR count). The lowest BCUT2D eigenvalue weighted by atomic mass is 9.90. The van der Waals surface area contributed by atoms with Gasteiger partial charge in [-0.05, 0) is 23.6 Å². The van der Waals surface area contributed by atoms with Crippen molar-refractivity contribution >= 4 is 11.3 Å². The molecule has 1 aromatic carbocycles. The molecule has 96 valence electrons. The van der Waals surface area contributed by atoms with Crippen molar-refractivity contribution in [3.8, 4) is 11.5 Å². The maximum absolute atomic E-state index is 5.35. The number of nitrogens with one attached hydrogen (secondary N) is 1. The van der Waals surface area contributed by atoms with Crippen LogP contribution in [0.4, 0.5) is 5.69 Å². The van der Waals surface area contributed by atoms with Crippen LogP contribution in [0.2, 0.25) is 0 Å².